The Morgan fingerprint density at radius 3 is 2.64 bits per heavy atom. The van der Waals surface area contributed by atoms with Gasteiger partial charge in [-0.1, -0.05) is 30.3 Å². The van der Waals surface area contributed by atoms with Crippen LogP contribution in [-0.4, -0.2) is 47.6 Å². The van der Waals surface area contributed by atoms with Gasteiger partial charge < -0.3 is 20.7 Å². The first-order chi connectivity index (χ1) is 13.3. The van der Waals surface area contributed by atoms with Crippen LogP contribution in [0.25, 0.3) is 0 Å². The van der Waals surface area contributed by atoms with E-state index in [-0.39, 0.29) is 17.7 Å². The molecule has 3 rings (SSSR count). The van der Waals surface area contributed by atoms with Crippen molar-refractivity contribution in [1.29, 1.82) is 5.41 Å². The van der Waals surface area contributed by atoms with Crippen LogP contribution in [-0.2, 0) is 4.74 Å². The SMILES string of the molecule is COC1(C)CN(C(=N)c2cnc(NC(=O)N[C@H](C)c3ccccc3)cc2N)C1. The minimum Gasteiger partial charge on any atom is -0.398 e. The average molecular weight is 382 g/mol. The van der Waals surface area contributed by atoms with Gasteiger partial charge in [-0.3, -0.25) is 10.7 Å². The Hall–Kier alpha value is -3.13. The van der Waals surface area contributed by atoms with Crippen LogP contribution in [0.1, 0.15) is 31.0 Å². The average Bonchev–Trinajstić information content (AvgIpc) is 2.65. The largest absolute Gasteiger partial charge is 0.398 e. The van der Waals surface area contributed by atoms with E-state index in [0.29, 0.717) is 36.0 Å². The van der Waals surface area contributed by atoms with Gasteiger partial charge in [0.1, 0.15) is 11.7 Å². The summed E-state index contributed by atoms with van der Waals surface area (Å²) in [5.74, 6) is 0.630. The molecule has 8 heteroatoms. The molecule has 0 aliphatic carbocycles. The fourth-order valence-electron chi connectivity index (χ4n) is 3.13. The highest BCUT2D eigenvalue weighted by Gasteiger charge is 2.40. The number of carbonyl (C=O) groups excluding carboxylic acids is 1. The number of urea groups is 1. The zero-order valence-electron chi connectivity index (χ0n) is 16.3. The number of likely N-dealkylation sites (tertiary alicyclic amines) is 1. The number of benzene rings is 1. The monoisotopic (exact) mass is 382 g/mol. The van der Waals surface area contributed by atoms with Gasteiger partial charge in [0, 0.05) is 38.1 Å². The van der Waals surface area contributed by atoms with E-state index in [2.05, 4.69) is 15.6 Å². The molecule has 0 bridgehead atoms. The van der Waals surface area contributed by atoms with Crippen molar-refractivity contribution in [3.05, 3.63) is 53.7 Å². The number of rotatable bonds is 5. The molecule has 0 unspecified atom stereocenters. The van der Waals surface area contributed by atoms with Crippen LogP contribution < -0.4 is 16.4 Å². The third-order valence-corrected chi connectivity index (χ3v) is 4.94. The van der Waals surface area contributed by atoms with Crippen molar-refractivity contribution >= 4 is 23.4 Å². The number of aromatic nitrogens is 1. The van der Waals surface area contributed by atoms with Crippen LogP contribution in [0.3, 0.4) is 0 Å². The van der Waals surface area contributed by atoms with Crippen molar-refractivity contribution < 1.29 is 9.53 Å². The fraction of sp³-hybridized carbons (Fsp3) is 0.350. The van der Waals surface area contributed by atoms with Crippen molar-refractivity contribution in [3.63, 3.8) is 0 Å². The zero-order chi connectivity index (χ0) is 20.3. The van der Waals surface area contributed by atoms with Crippen molar-refractivity contribution in [2.24, 2.45) is 0 Å². The summed E-state index contributed by atoms with van der Waals surface area (Å²) in [6.45, 7) is 5.16. The van der Waals surface area contributed by atoms with Crippen molar-refractivity contribution in [2.75, 3.05) is 31.2 Å². The number of methoxy groups -OCH3 is 1. The summed E-state index contributed by atoms with van der Waals surface area (Å²) in [5, 5.41) is 13.9. The highest BCUT2D eigenvalue weighted by Crippen LogP contribution is 2.27. The Kier molecular flexibility index (Phi) is 5.51. The first kappa shape index (κ1) is 19.6. The van der Waals surface area contributed by atoms with Crippen molar-refractivity contribution in [1.82, 2.24) is 15.2 Å². The number of anilines is 2. The second kappa shape index (κ2) is 7.85. The number of ether oxygens (including phenoxy) is 1. The molecular weight excluding hydrogens is 356 g/mol. The summed E-state index contributed by atoms with van der Waals surface area (Å²) >= 11 is 0. The molecule has 148 valence electrons. The van der Waals surface area contributed by atoms with Crippen LogP contribution in [0.4, 0.5) is 16.3 Å². The van der Waals surface area contributed by atoms with Gasteiger partial charge in [0.15, 0.2) is 0 Å². The predicted octanol–water partition coefficient (Wildman–Crippen LogP) is 2.59. The van der Waals surface area contributed by atoms with Crippen LogP contribution in [0.5, 0.6) is 0 Å². The first-order valence-electron chi connectivity index (χ1n) is 9.08. The number of nitrogen functional groups attached to an aromatic ring is 1. The van der Waals surface area contributed by atoms with E-state index in [4.69, 9.17) is 15.9 Å². The van der Waals surface area contributed by atoms with E-state index in [0.717, 1.165) is 5.56 Å². The Morgan fingerprint density at radius 1 is 1.36 bits per heavy atom. The van der Waals surface area contributed by atoms with E-state index in [9.17, 15) is 4.79 Å². The zero-order valence-corrected chi connectivity index (χ0v) is 16.3. The third kappa shape index (κ3) is 4.23. The molecule has 5 N–H and O–H groups in total. The van der Waals surface area contributed by atoms with Crippen LogP contribution >= 0.6 is 0 Å². The van der Waals surface area contributed by atoms with Gasteiger partial charge >= 0.3 is 6.03 Å². The molecule has 1 aromatic carbocycles. The molecule has 1 aromatic heterocycles. The Balaban J connectivity index is 1.59. The lowest BCUT2D eigenvalue weighted by Crippen LogP contribution is -2.62. The van der Waals surface area contributed by atoms with Gasteiger partial charge in [0.25, 0.3) is 0 Å². The lowest BCUT2D eigenvalue weighted by atomic mass is 9.95. The molecule has 1 saturated heterocycles. The molecule has 8 nitrogen and oxygen atoms in total. The number of nitrogens with one attached hydrogen (secondary N) is 3. The molecule has 0 radical (unpaired) electrons. The van der Waals surface area contributed by atoms with Gasteiger partial charge in [-0.2, -0.15) is 0 Å². The van der Waals surface area contributed by atoms with Crippen molar-refractivity contribution in [2.45, 2.75) is 25.5 Å². The number of hydrogen-bond donors (Lipinski definition) is 4. The number of nitrogens with two attached hydrogens (primary N) is 1. The summed E-state index contributed by atoms with van der Waals surface area (Å²) < 4.78 is 5.41. The van der Waals surface area contributed by atoms with E-state index in [1.165, 1.54) is 6.20 Å². The van der Waals surface area contributed by atoms with Crippen molar-refractivity contribution in [3.8, 4) is 0 Å². The van der Waals surface area contributed by atoms with Crippen LogP contribution in [0.2, 0.25) is 0 Å². The third-order valence-electron chi connectivity index (χ3n) is 4.94. The minimum atomic E-state index is -0.371. The highest BCUT2D eigenvalue weighted by atomic mass is 16.5. The number of pyridine rings is 1. The number of nitrogens with zero attached hydrogens (tertiary/aromatic N) is 2. The summed E-state index contributed by atoms with van der Waals surface area (Å²) in [7, 11) is 1.67. The van der Waals surface area contributed by atoms with Gasteiger partial charge in [-0.05, 0) is 19.4 Å². The van der Waals surface area contributed by atoms with Gasteiger partial charge in [-0.15, -0.1) is 0 Å². The number of hydrogen-bond acceptors (Lipinski definition) is 5. The molecule has 2 aromatic rings. The maximum Gasteiger partial charge on any atom is 0.320 e. The normalized spacial score (nSPS) is 16.0. The number of amidine groups is 1. The minimum absolute atomic E-state index is 0.146. The molecule has 1 aliphatic heterocycles. The summed E-state index contributed by atoms with van der Waals surface area (Å²) in [6.07, 6.45) is 1.51. The lowest BCUT2D eigenvalue weighted by Gasteiger charge is -2.48. The molecule has 0 saturated carbocycles. The predicted molar refractivity (Wildman–Crippen MR) is 109 cm³/mol. The van der Waals surface area contributed by atoms with Gasteiger partial charge in [-0.25, -0.2) is 9.78 Å². The standard InChI is InChI=1S/C20H26N6O2/c1-13(14-7-5-4-6-8-14)24-19(27)25-17-9-16(21)15(10-23-17)18(22)26-11-20(2,12-26)28-3/h4-10,13,22H,11-12H2,1-3H3,(H4,21,23,24,25,27)/t13-/m1/s1. The fourth-order valence-corrected chi connectivity index (χ4v) is 3.13. The second-order valence-corrected chi connectivity index (χ2v) is 7.25. The molecule has 2 amide bonds. The van der Waals surface area contributed by atoms with Crippen LogP contribution in [0, 0.1) is 5.41 Å². The molecule has 1 atom stereocenters. The summed E-state index contributed by atoms with van der Waals surface area (Å²) in [5.41, 5.74) is 7.79. The van der Waals surface area contributed by atoms with E-state index in [1.807, 2.05) is 49.1 Å². The second-order valence-electron chi connectivity index (χ2n) is 7.25. The molecular formula is C20H26N6O2. The molecule has 1 aliphatic rings. The maximum atomic E-state index is 12.2. The van der Waals surface area contributed by atoms with E-state index < -0.39 is 0 Å². The Labute approximate surface area is 164 Å². The van der Waals surface area contributed by atoms with Gasteiger partial charge in [0.05, 0.1) is 17.2 Å². The van der Waals surface area contributed by atoms with Gasteiger partial charge in [0.2, 0.25) is 0 Å². The van der Waals surface area contributed by atoms with E-state index in [1.54, 1.807) is 13.2 Å². The molecule has 2 heterocycles. The quantitative estimate of drug-likeness (QED) is 0.468. The molecule has 1 fully saturated rings. The molecule has 28 heavy (non-hydrogen) atoms. The molecule has 0 spiro atoms. The summed E-state index contributed by atoms with van der Waals surface area (Å²) in [6, 6.07) is 10.7. The first-order valence-corrected chi connectivity index (χ1v) is 9.08. The lowest BCUT2D eigenvalue weighted by molar-refractivity contribution is -0.0828. The van der Waals surface area contributed by atoms with Crippen LogP contribution in [0.15, 0.2) is 42.6 Å². The Bertz CT molecular complexity index is 864. The maximum absolute atomic E-state index is 12.2. The summed E-state index contributed by atoms with van der Waals surface area (Å²) in [4.78, 5) is 18.3. The smallest absolute Gasteiger partial charge is 0.320 e. The number of amides is 2. The number of carbonyl (C=O) groups is 1. The highest BCUT2D eigenvalue weighted by molar-refractivity contribution is 6.02. The van der Waals surface area contributed by atoms with E-state index >= 15 is 0 Å². The topological polar surface area (TPSA) is 116 Å². The Morgan fingerprint density at radius 2 is 2.04 bits per heavy atom.